The van der Waals surface area contributed by atoms with E-state index in [1.807, 2.05) is 39.0 Å². The number of hydrogen-bond acceptors (Lipinski definition) is 12. The lowest BCUT2D eigenvalue weighted by molar-refractivity contribution is 0.597. The van der Waals surface area contributed by atoms with Gasteiger partial charge in [0.1, 0.15) is 40.7 Å². The Morgan fingerprint density at radius 1 is 0.907 bits per heavy atom. The Morgan fingerprint density at radius 2 is 1.53 bits per heavy atom. The molecular weight excluding hydrogens is 568 g/mol. The minimum Gasteiger partial charge on any atom is -0.382 e. The molecule has 0 saturated heterocycles. The Morgan fingerprint density at radius 3 is 2.19 bits per heavy atom. The van der Waals surface area contributed by atoms with E-state index in [2.05, 4.69) is 31.6 Å². The smallest absolute Gasteiger partial charge is 0.194 e. The molecule has 0 spiro atoms. The van der Waals surface area contributed by atoms with Crippen LogP contribution in [0.1, 0.15) is 57.5 Å². The van der Waals surface area contributed by atoms with E-state index in [0.717, 1.165) is 34.5 Å². The van der Waals surface area contributed by atoms with Gasteiger partial charge in [-0.15, -0.1) is 0 Å². The second-order valence-corrected chi connectivity index (χ2v) is 12.2. The van der Waals surface area contributed by atoms with Crippen molar-refractivity contribution in [1.29, 1.82) is 10.5 Å². The highest BCUT2D eigenvalue weighted by Crippen LogP contribution is 2.26. The highest BCUT2D eigenvalue weighted by molar-refractivity contribution is 7.90. The van der Waals surface area contributed by atoms with Gasteiger partial charge in [0.15, 0.2) is 26.2 Å². The molecule has 0 saturated carbocycles. The number of pyridine rings is 1. The highest BCUT2D eigenvalue weighted by atomic mass is 32.2. The van der Waals surface area contributed by atoms with Gasteiger partial charge >= 0.3 is 0 Å². The zero-order chi connectivity index (χ0) is 31.2. The number of nitrogens with one attached hydrogen (secondary N) is 1. The summed E-state index contributed by atoms with van der Waals surface area (Å²) in [5, 5.41) is 31.1. The Bertz CT molecular complexity index is 2130. The summed E-state index contributed by atoms with van der Waals surface area (Å²) in [6.45, 7) is 8.03. The largest absolute Gasteiger partial charge is 0.382 e. The van der Waals surface area contributed by atoms with Crippen LogP contribution in [0.5, 0.6) is 0 Å². The van der Waals surface area contributed by atoms with Gasteiger partial charge in [-0.3, -0.25) is 4.98 Å². The van der Waals surface area contributed by atoms with Crippen molar-refractivity contribution in [2.24, 2.45) is 0 Å². The number of nitrogens with two attached hydrogens (primary N) is 2. The van der Waals surface area contributed by atoms with Crippen molar-refractivity contribution in [2.75, 3.05) is 29.6 Å². The van der Waals surface area contributed by atoms with Crippen LogP contribution in [0, 0.1) is 43.4 Å². The number of aryl methyl sites for hydroxylation is 4. The third-order valence-electron chi connectivity index (χ3n) is 7.34. The lowest BCUT2D eigenvalue weighted by Gasteiger charge is -2.12. The molecule has 43 heavy (non-hydrogen) atoms. The van der Waals surface area contributed by atoms with Crippen molar-refractivity contribution in [1.82, 2.24) is 34.2 Å². The Hall–Kier alpha value is -5.28. The topological polar surface area (TPSA) is 219 Å². The summed E-state index contributed by atoms with van der Waals surface area (Å²) in [7, 11) is -3.79. The molecule has 0 aliphatic carbocycles. The molecule has 0 radical (unpaired) electrons. The molecule has 5 rings (SSSR count). The van der Waals surface area contributed by atoms with Gasteiger partial charge in [-0.25, -0.2) is 18.4 Å². The van der Waals surface area contributed by atoms with Gasteiger partial charge in [0.05, 0.1) is 11.4 Å². The van der Waals surface area contributed by atoms with Gasteiger partial charge in [0.2, 0.25) is 0 Å². The first-order chi connectivity index (χ1) is 20.4. The molecule has 5 aromatic rings. The maximum Gasteiger partial charge on any atom is 0.194 e. The van der Waals surface area contributed by atoms with Gasteiger partial charge in [-0.1, -0.05) is 6.92 Å². The van der Waals surface area contributed by atoms with Crippen LogP contribution in [0.3, 0.4) is 0 Å². The van der Waals surface area contributed by atoms with Gasteiger partial charge < -0.3 is 16.8 Å². The van der Waals surface area contributed by atoms with E-state index >= 15 is 0 Å². The predicted molar refractivity (Wildman–Crippen MR) is 160 cm³/mol. The molecule has 220 valence electrons. The average molecular weight is 599 g/mol. The molecule has 5 aromatic heterocycles. The van der Waals surface area contributed by atoms with Crippen molar-refractivity contribution < 1.29 is 8.42 Å². The van der Waals surface area contributed by atoms with E-state index < -0.39 is 9.84 Å². The van der Waals surface area contributed by atoms with E-state index in [1.54, 1.807) is 6.92 Å². The molecule has 0 bridgehead atoms. The first-order valence-electron chi connectivity index (χ1n) is 13.4. The van der Waals surface area contributed by atoms with E-state index in [0.29, 0.717) is 48.5 Å². The van der Waals surface area contributed by atoms with Crippen LogP contribution in [0.2, 0.25) is 0 Å². The molecule has 14 nitrogen and oxygen atoms in total. The summed E-state index contributed by atoms with van der Waals surface area (Å²) in [5.41, 5.74) is 18.9. The Labute approximate surface area is 247 Å². The molecular formula is C28H30N12O2S. The molecule has 0 aromatic carbocycles. The highest BCUT2D eigenvalue weighted by Gasteiger charge is 2.24. The number of rotatable bonds is 8. The minimum absolute atomic E-state index is 0.0801. The van der Waals surface area contributed by atoms with E-state index in [1.165, 1.54) is 9.03 Å². The van der Waals surface area contributed by atoms with Gasteiger partial charge in [0.25, 0.3) is 0 Å². The maximum absolute atomic E-state index is 12.3. The van der Waals surface area contributed by atoms with Crippen molar-refractivity contribution in [3.63, 3.8) is 0 Å². The number of nitrogens with zero attached hydrogens (tertiary/aromatic N) is 9. The fraction of sp³-hybridized carbons (Fsp3) is 0.321. The van der Waals surface area contributed by atoms with E-state index in [9.17, 15) is 18.9 Å². The quantitative estimate of drug-likeness (QED) is 0.219. The third kappa shape index (κ3) is 5.15. The minimum atomic E-state index is -3.79. The fourth-order valence-corrected chi connectivity index (χ4v) is 5.66. The number of nitriles is 2. The number of sulfone groups is 1. The Kier molecular flexibility index (Phi) is 7.37. The van der Waals surface area contributed by atoms with E-state index in [4.69, 9.17) is 16.5 Å². The molecule has 0 aliphatic rings. The molecule has 15 heteroatoms. The monoisotopic (exact) mass is 598 g/mol. The standard InChI is InChI=1S/C28H30N12O2S/c1-6-18-9-17(11-22-15(3)27-36-28(43(5,41)42)21(13-30)24(32)40(27)38-22)10-19(34-18)7-8-33-25-20(12-29)23(31)39-26(35-25)14(2)16(4)37-39/h9-10H,6-8,11,31-32H2,1-5H3,(H,33,35). The van der Waals surface area contributed by atoms with Crippen molar-refractivity contribution in [3.8, 4) is 12.1 Å². The van der Waals surface area contributed by atoms with Crippen LogP contribution < -0.4 is 16.8 Å². The maximum atomic E-state index is 12.3. The van der Waals surface area contributed by atoms with Gasteiger partial charge in [0, 0.05) is 48.2 Å². The summed E-state index contributed by atoms with van der Waals surface area (Å²) < 4.78 is 27.4. The number of aromatic nitrogens is 7. The summed E-state index contributed by atoms with van der Waals surface area (Å²) >= 11 is 0. The second kappa shape index (κ2) is 10.8. The van der Waals surface area contributed by atoms with Crippen molar-refractivity contribution in [3.05, 3.63) is 62.7 Å². The van der Waals surface area contributed by atoms with Crippen molar-refractivity contribution >= 4 is 38.6 Å². The first kappa shape index (κ1) is 29.2. The summed E-state index contributed by atoms with van der Waals surface area (Å²) in [6, 6.07) is 7.94. The zero-order valence-electron chi connectivity index (χ0n) is 24.4. The number of hydrogen-bond donors (Lipinski definition) is 3. The molecule has 5 N–H and O–H groups in total. The summed E-state index contributed by atoms with van der Waals surface area (Å²) in [6.07, 6.45) is 2.65. The number of anilines is 3. The van der Waals surface area contributed by atoms with Crippen LogP contribution in [0.15, 0.2) is 17.2 Å². The first-order valence-corrected chi connectivity index (χ1v) is 15.3. The Balaban J connectivity index is 1.43. The fourth-order valence-electron chi connectivity index (χ4n) is 4.89. The number of fused-ring (bicyclic) bond motifs is 2. The van der Waals surface area contributed by atoms with Crippen LogP contribution in [-0.4, -0.2) is 55.4 Å². The predicted octanol–water partition coefficient (Wildman–Crippen LogP) is 2.21. The van der Waals surface area contributed by atoms with Gasteiger partial charge in [-0.2, -0.15) is 29.8 Å². The zero-order valence-corrected chi connectivity index (χ0v) is 25.2. The SMILES string of the molecule is CCc1cc(Cc2nn3c(N)c(C#N)c(S(C)(=O)=O)nc3c2C)cc(CCNc2nc3c(C)c(C)nn3c(N)c2C#N)n1. The van der Waals surface area contributed by atoms with Crippen LogP contribution in [0.25, 0.3) is 11.3 Å². The molecule has 5 heterocycles. The molecule has 0 amide bonds. The van der Waals surface area contributed by atoms with E-state index in [-0.39, 0.29) is 33.4 Å². The van der Waals surface area contributed by atoms with Gasteiger partial charge in [-0.05, 0) is 44.9 Å². The van der Waals surface area contributed by atoms with Crippen LogP contribution in [-0.2, 0) is 29.1 Å². The van der Waals surface area contributed by atoms with Crippen LogP contribution in [0.4, 0.5) is 17.5 Å². The molecule has 0 fully saturated rings. The van der Waals surface area contributed by atoms with Crippen molar-refractivity contribution in [2.45, 2.75) is 52.0 Å². The average Bonchev–Trinajstić information content (AvgIpc) is 3.43. The summed E-state index contributed by atoms with van der Waals surface area (Å²) in [5.74, 6) is 0.532. The third-order valence-corrected chi connectivity index (χ3v) is 8.33. The lowest BCUT2D eigenvalue weighted by atomic mass is 10.0. The normalized spacial score (nSPS) is 11.6. The molecule has 0 atom stereocenters. The second-order valence-electron chi connectivity index (χ2n) is 10.3. The van der Waals surface area contributed by atoms with Crippen LogP contribution >= 0.6 is 0 Å². The lowest BCUT2D eigenvalue weighted by Crippen LogP contribution is -2.13. The summed E-state index contributed by atoms with van der Waals surface area (Å²) in [4.78, 5) is 13.6. The molecule has 0 aliphatic heterocycles. The number of nitrogen functional groups attached to an aromatic ring is 2. The molecule has 0 unspecified atom stereocenters.